The molecule has 1 aliphatic heterocycles. The summed E-state index contributed by atoms with van der Waals surface area (Å²) >= 11 is 0. The molecule has 1 N–H and O–H groups in total. The Balaban J connectivity index is 1.55. The van der Waals surface area contributed by atoms with Gasteiger partial charge < -0.3 is 14.6 Å². The third-order valence-electron chi connectivity index (χ3n) is 6.15. The number of carbonyl (C=O) groups excluding carboxylic acids is 2. The number of nitro groups is 1. The first-order valence-electron chi connectivity index (χ1n) is 11.2. The van der Waals surface area contributed by atoms with E-state index in [4.69, 9.17) is 4.74 Å². The number of anilines is 1. The van der Waals surface area contributed by atoms with Crippen LogP contribution in [0.25, 0.3) is 10.9 Å². The van der Waals surface area contributed by atoms with Crippen molar-refractivity contribution in [3.63, 3.8) is 0 Å². The van der Waals surface area contributed by atoms with Crippen LogP contribution in [0.4, 0.5) is 11.4 Å². The molecule has 1 saturated heterocycles. The molecule has 0 amide bonds. The molecule has 1 aliphatic rings. The number of hydrogen-bond acceptors (Lipinski definition) is 6. The van der Waals surface area contributed by atoms with E-state index >= 15 is 0 Å². The van der Waals surface area contributed by atoms with E-state index in [0.717, 1.165) is 49.7 Å². The maximum atomic E-state index is 13.1. The number of ether oxygens (including phenoxy) is 1. The third kappa shape index (κ3) is 4.60. The number of carbonyl (C=O) groups is 2. The Morgan fingerprint density at radius 2 is 1.79 bits per heavy atom. The minimum atomic E-state index is -1.04. The maximum Gasteiger partial charge on any atom is 0.339 e. The third-order valence-corrected chi connectivity index (χ3v) is 6.15. The van der Waals surface area contributed by atoms with Crippen LogP contribution in [0.2, 0.25) is 0 Å². The smallest absolute Gasteiger partial charge is 0.339 e. The summed E-state index contributed by atoms with van der Waals surface area (Å²) in [5.41, 5.74) is 2.44. The highest BCUT2D eigenvalue weighted by Gasteiger charge is 2.27. The van der Waals surface area contributed by atoms with Crippen molar-refractivity contribution in [2.75, 3.05) is 18.0 Å². The van der Waals surface area contributed by atoms with Gasteiger partial charge >= 0.3 is 5.97 Å². The number of esters is 1. The van der Waals surface area contributed by atoms with Gasteiger partial charge in [-0.25, -0.2) is 4.79 Å². The number of ketones is 1. The zero-order valence-electron chi connectivity index (χ0n) is 18.8. The highest BCUT2D eigenvalue weighted by atomic mass is 16.6. The number of aryl methyl sites for hydroxylation is 1. The average molecular weight is 450 g/mol. The Kier molecular flexibility index (Phi) is 6.44. The predicted molar refractivity (Wildman–Crippen MR) is 126 cm³/mol. The second-order valence-corrected chi connectivity index (χ2v) is 8.44. The van der Waals surface area contributed by atoms with Gasteiger partial charge in [0.15, 0.2) is 6.10 Å². The van der Waals surface area contributed by atoms with Gasteiger partial charge in [-0.1, -0.05) is 31.0 Å². The predicted octanol–water partition coefficient (Wildman–Crippen LogP) is 5.19. The number of H-pyrrole nitrogens is 1. The van der Waals surface area contributed by atoms with Crippen molar-refractivity contribution in [3.05, 3.63) is 69.4 Å². The summed E-state index contributed by atoms with van der Waals surface area (Å²) in [7, 11) is 0. The molecule has 172 valence electrons. The van der Waals surface area contributed by atoms with Gasteiger partial charge in [-0.2, -0.15) is 0 Å². The monoisotopic (exact) mass is 449 g/mol. The first kappa shape index (κ1) is 22.5. The molecule has 0 aliphatic carbocycles. The van der Waals surface area contributed by atoms with Crippen molar-refractivity contribution < 1.29 is 19.2 Å². The first-order chi connectivity index (χ1) is 15.9. The lowest BCUT2D eigenvalue weighted by molar-refractivity contribution is -0.384. The van der Waals surface area contributed by atoms with Crippen LogP contribution >= 0.6 is 0 Å². The number of nitrogens with zero attached hydrogens (tertiary/aromatic N) is 2. The Morgan fingerprint density at radius 3 is 2.48 bits per heavy atom. The standard InChI is InChI=1S/C25H27N3O5/c1-16-23(19-9-5-6-10-20(19)26-16)24(29)17(2)33-25(30)18-11-12-21(22(15-18)28(31)32)27-13-7-3-4-8-14-27/h5-6,9-12,15,17,26H,3-4,7-8,13-14H2,1-2H3/t17-/m1/s1. The van der Waals surface area contributed by atoms with Crippen molar-refractivity contribution in [1.29, 1.82) is 0 Å². The summed E-state index contributed by atoms with van der Waals surface area (Å²) in [5.74, 6) is -1.09. The highest BCUT2D eigenvalue weighted by Crippen LogP contribution is 2.31. The molecule has 33 heavy (non-hydrogen) atoms. The van der Waals surface area contributed by atoms with Crippen molar-refractivity contribution in [1.82, 2.24) is 4.98 Å². The number of benzene rings is 2. The molecule has 3 aromatic rings. The molecular formula is C25H27N3O5. The Morgan fingerprint density at radius 1 is 1.09 bits per heavy atom. The Bertz CT molecular complexity index is 1210. The van der Waals surface area contributed by atoms with Crippen LogP contribution in [-0.4, -0.2) is 40.9 Å². The number of Topliss-reactive ketones (excluding diaryl/α,β-unsaturated/α-hetero) is 1. The Labute approximate surface area is 191 Å². The van der Waals surface area contributed by atoms with E-state index in [1.165, 1.54) is 19.1 Å². The SMILES string of the molecule is Cc1[nH]c2ccccc2c1C(=O)[C@@H](C)OC(=O)c1ccc(N2CCCCCC2)c([N+](=O)[O-])c1. The molecule has 2 aromatic carbocycles. The van der Waals surface area contributed by atoms with Gasteiger partial charge in [0.1, 0.15) is 5.69 Å². The molecule has 4 rings (SSSR count). The van der Waals surface area contributed by atoms with Gasteiger partial charge in [0.2, 0.25) is 5.78 Å². The molecule has 0 spiro atoms. The molecule has 0 unspecified atom stereocenters. The summed E-state index contributed by atoms with van der Waals surface area (Å²) in [6.07, 6.45) is 3.13. The van der Waals surface area contributed by atoms with Crippen molar-refractivity contribution in [2.45, 2.75) is 45.6 Å². The maximum absolute atomic E-state index is 13.1. The van der Waals surface area contributed by atoms with Crippen molar-refractivity contribution in [3.8, 4) is 0 Å². The number of aromatic amines is 1. The largest absolute Gasteiger partial charge is 0.451 e. The quantitative estimate of drug-likeness (QED) is 0.240. The lowest BCUT2D eigenvalue weighted by Crippen LogP contribution is -2.26. The molecule has 1 fully saturated rings. The van der Waals surface area contributed by atoms with Crippen LogP contribution in [0, 0.1) is 17.0 Å². The number of aromatic nitrogens is 1. The van der Waals surface area contributed by atoms with Gasteiger partial charge in [-0.3, -0.25) is 14.9 Å². The fourth-order valence-electron chi connectivity index (χ4n) is 4.46. The number of rotatable bonds is 6. The zero-order chi connectivity index (χ0) is 23.5. The lowest BCUT2D eigenvalue weighted by Gasteiger charge is -2.22. The minimum Gasteiger partial charge on any atom is -0.451 e. The second-order valence-electron chi connectivity index (χ2n) is 8.44. The molecule has 1 atom stereocenters. The molecule has 8 nitrogen and oxygen atoms in total. The molecule has 0 bridgehead atoms. The van der Waals surface area contributed by atoms with E-state index in [-0.39, 0.29) is 17.0 Å². The van der Waals surface area contributed by atoms with Crippen LogP contribution < -0.4 is 4.90 Å². The van der Waals surface area contributed by atoms with Gasteiger partial charge in [0.05, 0.1) is 10.5 Å². The van der Waals surface area contributed by atoms with Crippen LogP contribution in [0.1, 0.15) is 59.0 Å². The van der Waals surface area contributed by atoms with Crippen LogP contribution in [-0.2, 0) is 4.74 Å². The molecule has 0 saturated carbocycles. The minimum absolute atomic E-state index is 0.0515. The number of hydrogen-bond donors (Lipinski definition) is 1. The summed E-state index contributed by atoms with van der Waals surface area (Å²) in [6, 6.07) is 11.8. The van der Waals surface area contributed by atoms with Gasteiger partial charge in [-0.15, -0.1) is 0 Å². The first-order valence-corrected chi connectivity index (χ1v) is 11.2. The van der Waals surface area contributed by atoms with E-state index in [1.54, 1.807) is 13.0 Å². The zero-order valence-corrected chi connectivity index (χ0v) is 18.8. The van der Waals surface area contributed by atoms with E-state index in [1.807, 2.05) is 29.2 Å². The van der Waals surface area contributed by atoms with Gasteiger partial charge in [-0.05, 0) is 44.9 Å². The summed E-state index contributed by atoms with van der Waals surface area (Å²) in [4.78, 5) is 42.3. The highest BCUT2D eigenvalue weighted by molar-refractivity contribution is 6.11. The lowest BCUT2D eigenvalue weighted by atomic mass is 10.0. The average Bonchev–Trinajstić information content (AvgIpc) is 2.96. The second kappa shape index (κ2) is 9.44. The molecule has 8 heteroatoms. The van der Waals surface area contributed by atoms with Gasteiger partial charge in [0, 0.05) is 41.3 Å². The van der Waals surface area contributed by atoms with E-state index < -0.39 is 17.0 Å². The van der Waals surface area contributed by atoms with E-state index in [9.17, 15) is 19.7 Å². The number of para-hydroxylation sites is 1. The normalized spacial score (nSPS) is 15.2. The van der Waals surface area contributed by atoms with Crippen LogP contribution in [0.3, 0.4) is 0 Å². The number of nitro benzene ring substituents is 1. The van der Waals surface area contributed by atoms with Crippen molar-refractivity contribution >= 4 is 34.0 Å². The summed E-state index contributed by atoms with van der Waals surface area (Å²) in [6.45, 7) is 4.81. The molecular weight excluding hydrogens is 422 g/mol. The summed E-state index contributed by atoms with van der Waals surface area (Å²) < 4.78 is 5.43. The van der Waals surface area contributed by atoms with Crippen LogP contribution in [0.15, 0.2) is 42.5 Å². The topological polar surface area (TPSA) is 106 Å². The van der Waals surface area contributed by atoms with Crippen molar-refractivity contribution in [2.24, 2.45) is 0 Å². The van der Waals surface area contributed by atoms with E-state index in [0.29, 0.717) is 16.9 Å². The van der Waals surface area contributed by atoms with E-state index in [2.05, 4.69) is 4.98 Å². The fraction of sp³-hybridized carbons (Fsp3) is 0.360. The number of fused-ring (bicyclic) bond motifs is 1. The Hall–Kier alpha value is -3.68. The molecule has 0 radical (unpaired) electrons. The summed E-state index contributed by atoms with van der Waals surface area (Å²) in [5, 5.41) is 12.5. The molecule has 1 aromatic heterocycles. The number of nitrogens with one attached hydrogen (secondary N) is 1. The van der Waals surface area contributed by atoms with Gasteiger partial charge in [0.25, 0.3) is 5.69 Å². The fourth-order valence-corrected chi connectivity index (χ4v) is 4.46. The van der Waals surface area contributed by atoms with Crippen LogP contribution in [0.5, 0.6) is 0 Å². The molecule has 2 heterocycles.